The van der Waals surface area contributed by atoms with Crippen LogP contribution in [0.25, 0.3) is 22.3 Å². The zero-order valence-corrected chi connectivity index (χ0v) is 32.5. The average Bonchev–Trinajstić information content (AvgIpc) is 4.10. The zero-order valence-electron chi connectivity index (χ0n) is 31.6. The van der Waals surface area contributed by atoms with E-state index in [1.165, 1.54) is 11.0 Å². The molecule has 2 aliphatic carbocycles. The Morgan fingerprint density at radius 1 is 0.945 bits per heavy atom. The Bertz CT molecular complexity index is 2080. The van der Waals surface area contributed by atoms with Gasteiger partial charge in [-0.3, -0.25) is 23.9 Å². The molecule has 6 atom stereocenters. The summed E-state index contributed by atoms with van der Waals surface area (Å²) < 4.78 is 33.9. The van der Waals surface area contributed by atoms with Gasteiger partial charge in [0.1, 0.15) is 17.8 Å². The van der Waals surface area contributed by atoms with Crippen molar-refractivity contribution in [2.75, 3.05) is 19.6 Å². The Labute approximate surface area is 322 Å². The second kappa shape index (κ2) is 15.4. The number of nitrogens with one attached hydrogen (secondary N) is 2. The van der Waals surface area contributed by atoms with E-state index in [9.17, 15) is 27.6 Å². The maximum Gasteiger partial charge on any atom is 0.243 e. The summed E-state index contributed by atoms with van der Waals surface area (Å²) in [5.74, 6) is -3.38. The van der Waals surface area contributed by atoms with E-state index in [-0.39, 0.29) is 37.1 Å². The van der Waals surface area contributed by atoms with Gasteiger partial charge in [-0.15, -0.1) is 6.58 Å². The van der Waals surface area contributed by atoms with E-state index in [4.69, 9.17) is 14.7 Å². The van der Waals surface area contributed by atoms with Gasteiger partial charge in [-0.2, -0.15) is 0 Å². The number of amides is 4. The largest absolute Gasteiger partial charge is 0.471 e. The maximum absolute atomic E-state index is 14.8. The molecule has 0 spiro atoms. The fraction of sp³-hybridized carbons (Fsp3) is 0.512. The molecule has 14 heteroatoms. The molecule has 7 rings (SSSR count). The SMILES string of the molecule is C=CC1C(C(=O)NS(=O)(=O)C2CC2)[C@@H]1NC(=O)[C@@H]1C[C@@H](Oc2nc3ccccc3nc2-c2ccccc2)CN1C(=O)[C@@H](CC(=O)N1CCCCC1)C(C)(C)C. The number of sulfonamides is 1. The lowest BCUT2D eigenvalue weighted by atomic mass is 9.77. The summed E-state index contributed by atoms with van der Waals surface area (Å²) in [5.41, 5.74) is 2.00. The number of carbonyl (C=O) groups is 4. The van der Waals surface area contributed by atoms with Crippen LogP contribution in [0.4, 0.5) is 0 Å². The third-order valence-corrected chi connectivity index (χ3v) is 13.1. The van der Waals surface area contributed by atoms with Gasteiger partial charge < -0.3 is 19.9 Å². The molecule has 1 aromatic heterocycles. The van der Waals surface area contributed by atoms with Gasteiger partial charge >= 0.3 is 0 Å². The third kappa shape index (κ3) is 8.39. The van der Waals surface area contributed by atoms with Crippen LogP contribution in [0.1, 0.15) is 65.7 Å². The number of piperidine rings is 1. The Kier molecular flexibility index (Phi) is 10.7. The van der Waals surface area contributed by atoms with Crippen LogP contribution in [-0.4, -0.2) is 94.9 Å². The summed E-state index contributed by atoms with van der Waals surface area (Å²) in [7, 11) is -3.78. The van der Waals surface area contributed by atoms with Gasteiger partial charge in [-0.1, -0.05) is 69.3 Å². The fourth-order valence-corrected chi connectivity index (χ4v) is 9.22. The highest BCUT2D eigenvalue weighted by molar-refractivity contribution is 7.90. The van der Waals surface area contributed by atoms with Crippen LogP contribution in [-0.2, 0) is 29.2 Å². The predicted molar refractivity (Wildman–Crippen MR) is 207 cm³/mol. The fourth-order valence-electron chi connectivity index (χ4n) is 7.88. The first kappa shape index (κ1) is 38.4. The second-order valence-electron chi connectivity index (χ2n) is 16.4. The minimum Gasteiger partial charge on any atom is -0.471 e. The number of para-hydroxylation sites is 2. The van der Waals surface area contributed by atoms with Gasteiger partial charge in [0, 0.05) is 43.5 Å². The number of ether oxygens (including phenoxy) is 1. The Hall–Kier alpha value is -4.85. The van der Waals surface area contributed by atoms with Crippen LogP contribution in [0.2, 0.25) is 0 Å². The Morgan fingerprint density at radius 2 is 1.60 bits per heavy atom. The normalized spacial score (nSPS) is 24.5. The van der Waals surface area contributed by atoms with Crippen LogP contribution >= 0.6 is 0 Å². The monoisotopic (exact) mass is 770 g/mol. The van der Waals surface area contributed by atoms with Gasteiger partial charge in [0.05, 0.1) is 34.7 Å². The number of aromatic nitrogens is 2. The molecule has 2 saturated heterocycles. The number of carbonyl (C=O) groups excluding carboxylic acids is 4. The average molecular weight is 771 g/mol. The van der Waals surface area contributed by atoms with Crippen molar-refractivity contribution in [2.45, 2.75) is 89.2 Å². The van der Waals surface area contributed by atoms with Crippen molar-refractivity contribution in [3.63, 3.8) is 0 Å². The molecule has 3 heterocycles. The molecular weight excluding hydrogens is 721 g/mol. The van der Waals surface area contributed by atoms with Crippen molar-refractivity contribution in [1.29, 1.82) is 0 Å². The summed E-state index contributed by atoms with van der Waals surface area (Å²) in [6.07, 6.45) is 4.90. The first-order valence-corrected chi connectivity index (χ1v) is 20.9. The van der Waals surface area contributed by atoms with E-state index < -0.39 is 68.4 Å². The van der Waals surface area contributed by atoms with E-state index in [1.807, 2.05) is 80.3 Å². The molecule has 2 saturated carbocycles. The lowest BCUT2D eigenvalue weighted by molar-refractivity contribution is -0.148. The molecule has 2 N–H and O–H groups in total. The highest BCUT2D eigenvalue weighted by atomic mass is 32.2. The summed E-state index contributed by atoms with van der Waals surface area (Å²) in [6, 6.07) is 15.3. The number of fused-ring (bicyclic) bond motifs is 1. The van der Waals surface area contributed by atoms with Crippen LogP contribution in [0.15, 0.2) is 67.3 Å². The first-order valence-electron chi connectivity index (χ1n) is 19.3. The summed E-state index contributed by atoms with van der Waals surface area (Å²) in [5, 5.41) is 2.36. The smallest absolute Gasteiger partial charge is 0.243 e. The van der Waals surface area contributed by atoms with Crippen LogP contribution in [0, 0.1) is 23.2 Å². The van der Waals surface area contributed by atoms with Crippen LogP contribution in [0.5, 0.6) is 5.88 Å². The van der Waals surface area contributed by atoms with Crippen molar-refractivity contribution in [3.8, 4) is 17.1 Å². The van der Waals surface area contributed by atoms with Crippen molar-refractivity contribution in [2.24, 2.45) is 23.2 Å². The Morgan fingerprint density at radius 3 is 2.24 bits per heavy atom. The molecule has 4 fully saturated rings. The van der Waals surface area contributed by atoms with Crippen molar-refractivity contribution >= 4 is 44.7 Å². The molecular formula is C41H50N6O7S. The zero-order chi connectivity index (χ0) is 39.1. The number of nitrogens with zero attached hydrogens (tertiary/aromatic N) is 4. The first-order chi connectivity index (χ1) is 26.2. The van der Waals surface area contributed by atoms with E-state index in [0.717, 1.165) is 24.8 Å². The highest BCUT2D eigenvalue weighted by Gasteiger charge is 2.56. The van der Waals surface area contributed by atoms with Gasteiger partial charge in [0.15, 0.2) is 0 Å². The molecule has 4 amide bonds. The minimum atomic E-state index is -3.78. The minimum absolute atomic E-state index is 0.00583. The molecule has 4 aliphatic rings. The maximum atomic E-state index is 14.8. The highest BCUT2D eigenvalue weighted by Crippen LogP contribution is 2.42. The molecule has 292 valence electrons. The van der Waals surface area contributed by atoms with Gasteiger partial charge in [0.2, 0.25) is 39.5 Å². The van der Waals surface area contributed by atoms with Crippen molar-refractivity contribution in [3.05, 3.63) is 67.3 Å². The molecule has 2 aliphatic heterocycles. The number of likely N-dealkylation sites (tertiary alicyclic amines) is 2. The standard InChI is InChI=1S/C41H50N6O7S/c1-5-28-34(38(50)45-55(52,53)27-18-19-27)36(28)44-37(49)32-22-26(24-47(32)40(51)29(41(2,3)4)23-33(48)46-20-12-7-13-21-46)54-39-35(25-14-8-6-9-15-25)42-30-16-10-11-17-31(30)43-39/h5-6,8-11,14-17,26-29,32,34,36H,1,7,12-13,18-24H2,2-4H3,(H,44,49)(H,45,50)/t26-,28?,29-,32+,34?,36-/m1/s1. The lowest BCUT2D eigenvalue weighted by Crippen LogP contribution is -2.51. The summed E-state index contributed by atoms with van der Waals surface area (Å²) in [4.78, 5) is 68.8. The van der Waals surface area contributed by atoms with E-state index >= 15 is 0 Å². The van der Waals surface area contributed by atoms with Crippen molar-refractivity contribution < 1.29 is 32.3 Å². The van der Waals surface area contributed by atoms with E-state index in [1.54, 1.807) is 0 Å². The van der Waals surface area contributed by atoms with Crippen LogP contribution in [0.3, 0.4) is 0 Å². The quantitative estimate of drug-likeness (QED) is 0.256. The topological polar surface area (TPSA) is 168 Å². The second-order valence-corrected chi connectivity index (χ2v) is 18.3. The van der Waals surface area contributed by atoms with Crippen molar-refractivity contribution in [1.82, 2.24) is 29.8 Å². The molecule has 13 nitrogen and oxygen atoms in total. The summed E-state index contributed by atoms with van der Waals surface area (Å²) >= 11 is 0. The van der Waals surface area contributed by atoms with Crippen LogP contribution < -0.4 is 14.8 Å². The molecule has 2 unspecified atom stereocenters. The molecule has 3 aromatic rings. The molecule has 55 heavy (non-hydrogen) atoms. The van der Waals surface area contributed by atoms with Gasteiger partial charge in [0.25, 0.3) is 0 Å². The number of hydrogen-bond donors (Lipinski definition) is 2. The Balaban J connectivity index is 1.16. The predicted octanol–water partition coefficient (Wildman–Crippen LogP) is 4.24. The number of hydrogen-bond acceptors (Lipinski definition) is 9. The van der Waals surface area contributed by atoms with E-state index in [0.29, 0.717) is 42.7 Å². The number of rotatable bonds is 12. The van der Waals surface area contributed by atoms with Gasteiger partial charge in [-0.25, -0.2) is 18.4 Å². The molecule has 2 aromatic carbocycles. The van der Waals surface area contributed by atoms with E-state index in [2.05, 4.69) is 16.6 Å². The lowest BCUT2D eigenvalue weighted by Gasteiger charge is -2.36. The van der Waals surface area contributed by atoms with Gasteiger partial charge in [-0.05, 0) is 49.7 Å². The third-order valence-electron chi connectivity index (χ3n) is 11.3. The summed E-state index contributed by atoms with van der Waals surface area (Å²) in [6.45, 7) is 10.9. The molecule has 0 bridgehead atoms. The number of benzene rings is 2. The molecule has 0 radical (unpaired) electrons.